The normalized spacial score (nSPS) is 10.8. The number of H-pyrrole nitrogens is 1. The van der Waals surface area contributed by atoms with E-state index in [0.717, 1.165) is 24.2 Å². The van der Waals surface area contributed by atoms with Gasteiger partial charge in [0.05, 0.1) is 0 Å². The Balaban J connectivity index is 1.93. The lowest BCUT2D eigenvalue weighted by Gasteiger charge is -2.16. The number of para-hydroxylation sites is 1. The van der Waals surface area contributed by atoms with Crippen LogP contribution in [0.15, 0.2) is 30.5 Å². The molecule has 102 valence electrons. The van der Waals surface area contributed by atoms with Crippen LogP contribution in [0, 0.1) is 0 Å². The third-order valence-electron chi connectivity index (χ3n) is 3.34. The van der Waals surface area contributed by atoms with Gasteiger partial charge in [0.15, 0.2) is 0 Å². The molecule has 0 bridgehead atoms. The predicted molar refractivity (Wildman–Crippen MR) is 82.6 cm³/mol. The van der Waals surface area contributed by atoms with Crippen molar-refractivity contribution in [3.8, 4) is 0 Å². The van der Waals surface area contributed by atoms with E-state index in [4.69, 9.17) is 0 Å². The van der Waals surface area contributed by atoms with Crippen LogP contribution in [0.5, 0.6) is 0 Å². The first kappa shape index (κ1) is 14.0. The number of carbonyl (C=O) groups excluding carboxylic acids is 1. The van der Waals surface area contributed by atoms with Crippen LogP contribution in [0.1, 0.15) is 12.0 Å². The second-order valence-electron chi connectivity index (χ2n) is 4.67. The molecule has 2 rings (SSSR count). The van der Waals surface area contributed by atoms with Crippen LogP contribution >= 0.6 is 11.8 Å². The molecule has 3 nitrogen and oxygen atoms in total. The number of fused-ring (bicyclic) bond motifs is 1. The van der Waals surface area contributed by atoms with Crippen molar-refractivity contribution in [2.45, 2.75) is 12.8 Å². The zero-order chi connectivity index (χ0) is 13.7. The maximum atomic E-state index is 12.0. The Labute approximate surface area is 118 Å². The number of aromatic amines is 1. The molecule has 0 aliphatic heterocycles. The molecule has 0 atom stereocenters. The molecule has 2 aromatic rings. The van der Waals surface area contributed by atoms with Crippen molar-refractivity contribution in [1.29, 1.82) is 0 Å². The summed E-state index contributed by atoms with van der Waals surface area (Å²) in [5.74, 6) is 1.22. The second-order valence-corrected chi connectivity index (χ2v) is 5.65. The number of thioether (sulfide) groups is 1. The summed E-state index contributed by atoms with van der Waals surface area (Å²) in [4.78, 5) is 17.1. The van der Waals surface area contributed by atoms with Crippen LogP contribution < -0.4 is 0 Å². The molecule has 0 radical (unpaired) electrons. The van der Waals surface area contributed by atoms with Crippen molar-refractivity contribution in [2.75, 3.05) is 25.6 Å². The Morgan fingerprint density at radius 3 is 2.95 bits per heavy atom. The fourth-order valence-corrected chi connectivity index (χ4v) is 2.58. The lowest BCUT2D eigenvalue weighted by Crippen LogP contribution is -2.29. The van der Waals surface area contributed by atoms with Gasteiger partial charge in [0.25, 0.3) is 0 Å². The van der Waals surface area contributed by atoms with Gasteiger partial charge in [0.2, 0.25) is 5.91 Å². The molecule has 1 heterocycles. The zero-order valence-electron chi connectivity index (χ0n) is 11.5. The monoisotopic (exact) mass is 276 g/mol. The third-order valence-corrected chi connectivity index (χ3v) is 3.93. The van der Waals surface area contributed by atoms with Gasteiger partial charge in [-0.15, -0.1) is 0 Å². The first-order valence-electron chi connectivity index (χ1n) is 6.50. The van der Waals surface area contributed by atoms with Crippen LogP contribution in [-0.4, -0.2) is 41.4 Å². The van der Waals surface area contributed by atoms with Gasteiger partial charge in [0.1, 0.15) is 0 Å². The highest BCUT2D eigenvalue weighted by Gasteiger charge is 2.10. The molecule has 0 saturated heterocycles. The number of carbonyl (C=O) groups is 1. The molecule has 0 spiro atoms. The zero-order valence-corrected chi connectivity index (χ0v) is 12.3. The summed E-state index contributed by atoms with van der Waals surface area (Å²) < 4.78 is 0. The van der Waals surface area contributed by atoms with Gasteiger partial charge in [0, 0.05) is 42.9 Å². The average molecular weight is 276 g/mol. The van der Waals surface area contributed by atoms with Crippen molar-refractivity contribution >= 4 is 28.6 Å². The first-order valence-corrected chi connectivity index (χ1v) is 7.89. The summed E-state index contributed by atoms with van der Waals surface area (Å²) in [6.07, 6.45) is 5.45. The SMILES string of the molecule is CSCCN(C)C(=O)CCc1c[nH]c2ccccc12. The summed E-state index contributed by atoms with van der Waals surface area (Å²) in [7, 11) is 1.88. The molecule has 0 aliphatic carbocycles. The van der Waals surface area contributed by atoms with E-state index in [1.54, 1.807) is 11.8 Å². The van der Waals surface area contributed by atoms with Crippen molar-refractivity contribution < 1.29 is 4.79 Å². The highest BCUT2D eigenvalue weighted by molar-refractivity contribution is 7.98. The topological polar surface area (TPSA) is 36.1 Å². The Kier molecular flexibility index (Phi) is 4.91. The summed E-state index contributed by atoms with van der Waals surface area (Å²) in [5.41, 5.74) is 2.36. The third kappa shape index (κ3) is 3.53. The molecule has 19 heavy (non-hydrogen) atoms. The number of amides is 1. The smallest absolute Gasteiger partial charge is 0.222 e. The number of aryl methyl sites for hydroxylation is 1. The van der Waals surface area contributed by atoms with E-state index in [0.29, 0.717) is 6.42 Å². The average Bonchev–Trinajstić information content (AvgIpc) is 2.85. The van der Waals surface area contributed by atoms with Gasteiger partial charge in [-0.25, -0.2) is 0 Å². The number of rotatable bonds is 6. The number of nitrogens with zero attached hydrogens (tertiary/aromatic N) is 1. The van der Waals surface area contributed by atoms with Gasteiger partial charge < -0.3 is 9.88 Å². The largest absolute Gasteiger partial charge is 0.361 e. The van der Waals surface area contributed by atoms with E-state index in [1.165, 1.54) is 10.9 Å². The summed E-state index contributed by atoms with van der Waals surface area (Å²) in [6.45, 7) is 0.827. The Morgan fingerprint density at radius 2 is 2.16 bits per heavy atom. The fourth-order valence-electron chi connectivity index (χ4n) is 2.12. The van der Waals surface area contributed by atoms with Crippen LogP contribution in [0.2, 0.25) is 0 Å². The van der Waals surface area contributed by atoms with E-state index in [1.807, 2.05) is 30.3 Å². The van der Waals surface area contributed by atoms with Crippen molar-refractivity contribution in [2.24, 2.45) is 0 Å². The maximum Gasteiger partial charge on any atom is 0.222 e. The van der Waals surface area contributed by atoms with E-state index >= 15 is 0 Å². The number of aromatic nitrogens is 1. The second kappa shape index (κ2) is 6.66. The van der Waals surface area contributed by atoms with Crippen LogP contribution in [0.4, 0.5) is 0 Å². The van der Waals surface area contributed by atoms with Crippen LogP contribution in [0.3, 0.4) is 0 Å². The molecule has 0 fully saturated rings. The molecule has 1 amide bonds. The van der Waals surface area contributed by atoms with Crippen LogP contribution in [0.25, 0.3) is 10.9 Å². The van der Waals surface area contributed by atoms with E-state index in [2.05, 4.69) is 23.4 Å². The van der Waals surface area contributed by atoms with E-state index in [9.17, 15) is 4.79 Å². The molecular formula is C15H20N2OS. The van der Waals surface area contributed by atoms with Crippen molar-refractivity contribution in [1.82, 2.24) is 9.88 Å². The van der Waals surface area contributed by atoms with Crippen molar-refractivity contribution in [3.63, 3.8) is 0 Å². The highest BCUT2D eigenvalue weighted by Crippen LogP contribution is 2.19. The summed E-state index contributed by atoms with van der Waals surface area (Å²) in [5, 5.41) is 1.22. The number of hydrogen-bond donors (Lipinski definition) is 1. The molecule has 0 aliphatic rings. The quantitative estimate of drug-likeness (QED) is 0.880. The minimum absolute atomic E-state index is 0.222. The molecule has 0 saturated carbocycles. The number of hydrogen-bond acceptors (Lipinski definition) is 2. The van der Waals surface area contributed by atoms with Gasteiger partial charge in [-0.3, -0.25) is 4.79 Å². The Morgan fingerprint density at radius 1 is 1.37 bits per heavy atom. The highest BCUT2D eigenvalue weighted by atomic mass is 32.2. The summed E-state index contributed by atoms with van der Waals surface area (Å²) >= 11 is 1.77. The lowest BCUT2D eigenvalue weighted by molar-refractivity contribution is -0.129. The van der Waals surface area contributed by atoms with Gasteiger partial charge in [-0.2, -0.15) is 11.8 Å². The standard InChI is InChI=1S/C15H20N2OS/c1-17(9-10-19-2)15(18)8-7-12-11-16-14-6-4-3-5-13(12)14/h3-6,11,16H,7-10H2,1-2H3. The minimum atomic E-state index is 0.222. The number of benzene rings is 1. The van der Waals surface area contributed by atoms with Crippen LogP contribution in [-0.2, 0) is 11.2 Å². The first-order chi connectivity index (χ1) is 9.22. The molecule has 1 aromatic carbocycles. The molecule has 1 aromatic heterocycles. The van der Waals surface area contributed by atoms with Gasteiger partial charge >= 0.3 is 0 Å². The summed E-state index contributed by atoms with van der Waals surface area (Å²) in [6, 6.07) is 8.21. The fraction of sp³-hybridized carbons (Fsp3) is 0.400. The Hall–Kier alpha value is -1.42. The molecule has 1 N–H and O–H groups in total. The Bertz CT molecular complexity index is 550. The maximum absolute atomic E-state index is 12.0. The van der Waals surface area contributed by atoms with E-state index in [-0.39, 0.29) is 5.91 Å². The molecule has 0 unspecified atom stereocenters. The van der Waals surface area contributed by atoms with E-state index < -0.39 is 0 Å². The van der Waals surface area contributed by atoms with Gasteiger partial charge in [-0.1, -0.05) is 18.2 Å². The van der Waals surface area contributed by atoms with Crippen molar-refractivity contribution in [3.05, 3.63) is 36.0 Å². The molecule has 4 heteroatoms. The number of nitrogens with one attached hydrogen (secondary N) is 1. The minimum Gasteiger partial charge on any atom is -0.361 e. The molecular weight excluding hydrogens is 256 g/mol. The predicted octanol–water partition coefficient (Wildman–Crippen LogP) is 2.92. The van der Waals surface area contributed by atoms with Gasteiger partial charge in [-0.05, 0) is 24.3 Å². The lowest BCUT2D eigenvalue weighted by atomic mass is 10.1.